The molecule has 2 rings (SSSR count). The van der Waals surface area contributed by atoms with Crippen molar-refractivity contribution in [3.63, 3.8) is 0 Å². The number of hydrogen-bond donors (Lipinski definition) is 1. The zero-order chi connectivity index (χ0) is 20.2. The highest BCUT2D eigenvalue weighted by Gasteiger charge is 2.40. The summed E-state index contributed by atoms with van der Waals surface area (Å²) in [5.74, 6) is -2.90. The van der Waals surface area contributed by atoms with E-state index >= 15 is 0 Å². The number of amides is 1. The van der Waals surface area contributed by atoms with Crippen LogP contribution in [0.1, 0.15) is 43.6 Å². The van der Waals surface area contributed by atoms with Crippen molar-refractivity contribution in [3.05, 3.63) is 71.3 Å². The first-order chi connectivity index (χ1) is 12.5. The van der Waals surface area contributed by atoms with Crippen molar-refractivity contribution in [2.75, 3.05) is 0 Å². The maximum absolute atomic E-state index is 14.1. The fraction of sp³-hybridized carbons (Fsp3) is 0.333. The highest BCUT2D eigenvalue weighted by Crippen LogP contribution is 2.23. The molecule has 0 aliphatic rings. The first-order valence-electron chi connectivity index (χ1n) is 8.56. The average molecular weight is 375 g/mol. The molecule has 4 nitrogen and oxygen atoms in total. The van der Waals surface area contributed by atoms with Gasteiger partial charge < -0.3 is 10.1 Å². The normalized spacial score (nSPS) is 13.6. The predicted octanol–water partition coefficient (Wildman–Crippen LogP) is 4.04. The summed E-state index contributed by atoms with van der Waals surface area (Å²) >= 11 is 0. The molecule has 0 saturated carbocycles. The van der Waals surface area contributed by atoms with Gasteiger partial charge in [0.05, 0.1) is 0 Å². The molecule has 0 aliphatic heterocycles. The van der Waals surface area contributed by atoms with E-state index in [0.29, 0.717) is 5.56 Å². The Kier molecular flexibility index (Phi) is 5.98. The minimum Gasteiger partial charge on any atom is -0.458 e. The van der Waals surface area contributed by atoms with Gasteiger partial charge in [-0.05, 0) is 52.0 Å². The molecule has 0 radical (unpaired) electrons. The number of hydrogen-bond acceptors (Lipinski definition) is 3. The number of ether oxygens (including phenoxy) is 1. The Morgan fingerprint density at radius 1 is 0.926 bits per heavy atom. The Morgan fingerprint density at radius 3 is 2.00 bits per heavy atom. The van der Waals surface area contributed by atoms with Crippen molar-refractivity contribution < 1.29 is 23.1 Å². The Bertz CT molecular complexity index is 811. The molecule has 0 saturated heterocycles. The maximum atomic E-state index is 14.1. The highest BCUT2D eigenvalue weighted by molar-refractivity contribution is 5.98. The van der Waals surface area contributed by atoms with Crippen LogP contribution in [0.2, 0.25) is 0 Å². The van der Waals surface area contributed by atoms with Gasteiger partial charge in [0.1, 0.15) is 22.8 Å². The lowest BCUT2D eigenvalue weighted by atomic mass is 9.91. The van der Waals surface area contributed by atoms with Crippen molar-refractivity contribution >= 4 is 11.9 Å². The summed E-state index contributed by atoms with van der Waals surface area (Å²) in [6.45, 7) is 6.42. The molecule has 144 valence electrons. The van der Waals surface area contributed by atoms with E-state index in [0.717, 1.165) is 12.1 Å². The van der Waals surface area contributed by atoms with Gasteiger partial charge in [0.2, 0.25) is 0 Å². The van der Waals surface area contributed by atoms with Crippen LogP contribution in [0.4, 0.5) is 8.78 Å². The number of carbonyl (C=O) groups excluding carboxylic acids is 2. The van der Waals surface area contributed by atoms with Crippen molar-refractivity contribution in [1.29, 1.82) is 0 Å². The standard InChI is InChI=1S/C21H23F2NO3/c1-20(2,3)27-19(26)21(4,13-15-16(22)11-8-12-17(15)23)24-18(25)14-9-6-5-7-10-14/h5-12H,13H2,1-4H3,(H,24,25)/t21-/m0/s1. The summed E-state index contributed by atoms with van der Waals surface area (Å²) in [7, 11) is 0. The summed E-state index contributed by atoms with van der Waals surface area (Å²) < 4.78 is 33.7. The van der Waals surface area contributed by atoms with Crippen LogP contribution in [0.15, 0.2) is 48.5 Å². The number of benzene rings is 2. The highest BCUT2D eigenvalue weighted by atomic mass is 19.1. The van der Waals surface area contributed by atoms with Gasteiger partial charge in [-0.3, -0.25) is 4.79 Å². The predicted molar refractivity (Wildman–Crippen MR) is 98.2 cm³/mol. The van der Waals surface area contributed by atoms with Crippen LogP contribution < -0.4 is 5.32 Å². The van der Waals surface area contributed by atoms with Crippen molar-refractivity contribution in [2.24, 2.45) is 0 Å². The Balaban J connectivity index is 2.39. The lowest BCUT2D eigenvalue weighted by Crippen LogP contribution is -2.56. The summed E-state index contributed by atoms with van der Waals surface area (Å²) in [4.78, 5) is 25.4. The third-order valence-corrected chi connectivity index (χ3v) is 3.87. The Morgan fingerprint density at radius 2 is 1.48 bits per heavy atom. The van der Waals surface area contributed by atoms with E-state index in [1.807, 2.05) is 0 Å². The topological polar surface area (TPSA) is 55.4 Å². The largest absolute Gasteiger partial charge is 0.458 e. The molecule has 0 aliphatic carbocycles. The van der Waals surface area contributed by atoms with Crippen LogP contribution >= 0.6 is 0 Å². The summed E-state index contributed by atoms with van der Waals surface area (Å²) in [6.07, 6.45) is -0.390. The minimum absolute atomic E-state index is 0.292. The first kappa shape index (κ1) is 20.6. The molecule has 2 aromatic carbocycles. The molecular formula is C21H23F2NO3. The smallest absolute Gasteiger partial charge is 0.332 e. The molecule has 1 amide bonds. The van der Waals surface area contributed by atoms with Crippen LogP contribution in [0.25, 0.3) is 0 Å². The van der Waals surface area contributed by atoms with E-state index in [1.165, 1.54) is 13.0 Å². The lowest BCUT2D eigenvalue weighted by molar-refractivity contribution is -0.162. The van der Waals surface area contributed by atoms with Crippen molar-refractivity contribution in [1.82, 2.24) is 5.32 Å². The second-order valence-corrected chi connectivity index (χ2v) is 7.53. The molecule has 6 heteroatoms. The monoisotopic (exact) mass is 375 g/mol. The fourth-order valence-corrected chi connectivity index (χ4v) is 2.53. The molecule has 0 bridgehead atoms. The van der Waals surface area contributed by atoms with E-state index < -0.39 is 34.7 Å². The number of halogens is 2. The van der Waals surface area contributed by atoms with Crippen LogP contribution in [0.3, 0.4) is 0 Å². The minimum atomic E-state index is -1.66. The van der Waals surface area contributed by atoms with Gasteiger partial charge in [-0.15, -0.1) is 0 Å². The Hall–Kier alpha value is -2.76. The third-order valence-electron chi connectivity index (χ3n) is 3.87. The van der Waals surface area contributed by atoms with Gasteiger partial charge in [0, 0.05) is 17.5 Å². The summed E-state index contributed by atoms with van der Waals surface area (Å²) in [6, 6.07) is 11.7. The van der Waals surface area contributed by atoms with E-state index in [4.69, 9.17) is 4.74 Å². The maximum Gasteiger partial charge on any atom is 0.332 e. The molecular weight excluding hydrogens is 352 g/mol. The SMILES string of the molecule is CC(C)(C)OC(=O)[C@](C)(Cc1c(F)cccc1F)NC(=O)c1ccccc1. The lowest BCUT2D eigenvalue weighted by Gasteiger charge is -2.32. The zero-order valence-corrected chi connectivity index (χ0v) is 15.8. The van der Waals surface area contributed by atoms with Gasteiger partial charge in [-0.25, -0.2) is 13.6 Å². The molecule has 0 heterocycles. The molecule has 0 fully saturated rings. The Labute approximate surface area is 157 Å². The molecule has 0 unspecified atom stereocenters. The fourth-order valence-electron chi connectivity index (χ4n) is 2.53. The number of rotatable bonds is 5. The average Bonchev–Trinajstić information content (AvgIpc) is 2.57. The van der Waals surface area contributed by atoms with Crippen LogP contribution in [-0.4, -0.2) is 23.0 Å². The first-order valence-corrected chi connectivity index (χ1v) is 8.56. The van der Waals surface area contributed by atoms with Gasteiger partial charge in [0.25, 0.3) is 5.91 Å². The molecule has 1 atom stereocenters. The van der Waals surface area contributed by atoms with Crippen molar-refractivity contribution in [3.8, 4) is 0 Å². The third kappa shape index (κ3) is 5.36. The second-order valence-electron chi connectivity index (χ2n) is 7.53. The number of carbonyl (C=O) groups is 2. The molecule has 27 heavy (non-hydrogen) atoms. The number of nitrogens with one attached hydrogen (secondary N) is 1. The molecule has 2 aromatic rings. The van der Waals surface area contributed by atoms with Gasteiger partial charge in [0.15, 0.2) is 0 Å². The van der Waals surface area contributed by atoms with Crippen LogP contribution in [0.5, 0.6) is 0 Å². The van der Waals surface area contributed by atoms with Crippen LogP contribution in [-0.2, 0) is 16.0 Å². The van der Waals surface area contributed by atoms with Gasteiger partial charge in [-0.1, -0.05) is 24.3 Å². The molecule has 0 spiro atoms. The summed E-state index contributed by atoms with van der Waals surface area (Å²) in [5, 5.41) is 2.59. The van der Waals surface area contributed by atoms with Crippen molar-refractivity contribution in [2.45, 2.75) is 45.3 Å². The van der Waals surface area contributed by atoms with Crippen LogP contribution in [0, 0.1) is 11.6 Å². The van der Waals surface area contributed by atoms with E-state index in [-0.39, 0.29) is 12.0 Å². The van der Waals surface area contributed by atoms with E-state index in [9.17, 15) is 18.4 Å². The summed E-state index contributed by atoms with van der Waals surface area (Å²) in [5.41, 5.74) is -2.46. The molecule has 1 N–H and O–H groups in total. The second kappa shape index (κ2) is 7.86. The quantitative estimate of drug-likeness (QED) is 0.803. The zero-order valence-electron chi connectivity index (χ0n) is 15.8. The van der Waals surface area contributed by atoms with Gasteiger partial charge in [-0.2, -0.15) is 0 Å². The molecule has 0 aromatic heterocycles. The van der Waals surface area contributed by atoms with Gasteiger partial charge >= 0.3 is 5.97 Å². The van der Waals surface area contributed by atoms with E-state index in [1.54, 1.807) is 51.1 Å². The van der Waals surface area contributed by atoms with E-state index in [2.05, 4.69) is 5.32 Å². The number of esters is 1.